The minimum atomic E-state index is 0.387. The van der Waals surface area contributed by atoms with Gasteiger partial charge in [-0.3, -0.25) is 9.80 Å². The molecule has 4 aliphatic rings. The number of piperidine rings is 3. The van der Waals surface area contributed by atoms with Crippen molar-refractivity contribution in [2.24, 2.45) is 5.92 Å². The van der Waals surface area contributed by atoms with E-state index >= 15 is 0 Å². The van der Waals surface area contributed by atoms with Crippen molar-refractivity contribution in [2.45, 2.75) is 63.6 Å². The number of hydrogen-bond acceptors (Lipinski definition) is 4. The van der Waals surface area contributed by atoms with E-state index in [0.29, 0.717) is 23.8 Å². The number of fused-ring (bicyclic) bond motifs is 2. The molecular formula is C23H32N4O. The number of phenolic OH excluding ortho intramolecular Hbond substituents is 1. The number of aryl methyl sites for hydroxylation is 1. The van der Waals surface area contributed by atoms with E-state index in [1.54, 1.807) is 6.07 Å². The minimum Gasteiger partial charge on any atom is -0.508 e. The molecule has 4 saturated heterocycles. The molecule has 4 aliphatic heterocycles. The molecule has 1 aromatic carbocycles. The van der Waals surface area contributed by atoms with Crippen molar-refractivity contribution in [3.8, 4) is 5.75 Å². The Balaban J connectivity index is 1.40. The van der Waals surface area contributed by atoms with Crippen LogP contribution in [0.5, 0.6) is 5.75 Å². The van der Waals surface area contributed by atoms with Gasteiger partial charge in [0.2, 0.25) is 0 Å². The monoisotopic (exact) mass is 380 g/mol. The van der Waals surface area contributed by atoms with E-state index in [1.807, 2.05) is 18.3 Å². The normalized spacial score (nSPS) is 32.0. The molecule has 0 radical (unpaired) electrons. The summed E-state index contributed by atoms with van der Waals surface area (Å²) in [5.74, 6) is 2.80. The Morgan fingerprint density at radius 3 is 2.86 bits per heavy atom. The predicted octanol–water partition coefficient (Wildman–Crippen LogP) is 3.52. The number of likely N-dealkylation sites (tertiary alicyclic amines) is 1. The van der Waals surface area contributed by atoms with E-state index in [0.717, 1.165) is 31.3 Å². The average molecular weight is 381 g/mol. The van der Waals surface area contributed by atoms with Crippen LogP contribution in [0.3, 0.4) is 0 Å². The van der Waals surface area contributed by atoms with Crippen molar-refractivity contribution in [3.63, 3.8) is 0 Å². The molecule has 5 heterocycles. The Morgan fingerprint density at radius 1 is 1.21 bits per heavy atom. The SMILES string of the molecule is CCCCc1ncc(CN2C[C@H](c3cccc(O)c3)[C@H]3[C@@H]2C2CCN3CC2)[nH]1. The summed E-state index contributed by atoms with van der Waals surface area (Å²) >= 11 is 0. The molecule has 4 fully saturated rings. The van der Waals surface area contributed by atoms with Gasteiger partial charge < -0.3 is 10.1 Å². The van der Waals surface area contributed by atoms with Crippen LogP contribution in [-0.2, 0) is 13.0 Å². The number of unbranched alkanes of at least 4 members (excludes halogenated alkanes) is 1. The van der Waals surface area contributed by atoms with E-state index < -0.39 is 0 Å². The lowest BCUT2D eigenvalue weighted by Crippen LogP contribution is -2.60. The van der Waals surface area contributed by atoms with Crippen LogP contribution in [0.25, 0.3) is 0 Å². The second-order valence-corrected chi connectivity index (χ2v) is 8.94. The number of nitrogens with zero attached hydrogens (tertiary/aromatic N) is 3. The van der Waals surface area contributed by atoms with Crippen molar-refractivity contribution < 1.29 is 5.11 Å². The summed E-state index contributed by atoms with van der Waals surface area (Å²) in [5.41, 5.74) is 2.54. The van der Waals surface area contributed by atoms with Crippen LogP contribution in [0.15, 0.2) is 30.5 Å². The third-order valence-electron chi connectivity index (χ3n) is 7.21. The van der Waals surface area contributed by atoms with E-state index in [4.69, 9.17) is 0 Å². The fourth-order valence-electron chi connectivity index (χ4n) is 5.95. The van der Waals surface area contributed by atoms with Crippen molar-refractivity contribution >= 4 is 0 Å². The third kappa shape index (κ3) is 3.25. The maximum Gasteiger partial charge on any atom is 0.115 e. The van der Waals surface area contributed by atoms with Gasteiger partial charge in [-0.15, -0.1) is 0 Å². The Morgan fingerprint density at radius 2 is 2.07 bits per heavy atom. The van der Waals surface area contributed by atoms with Gasteiger partial charge in [0.15, 0.2) is 0 Å². The molecule has 0 amide bonds. The van der Waals surface area contributed by atoms with Crippen molar-refractivity contribution in [1.29, 1.82) is 0 Å². The number of benzene rings is 1. The summed E-state index contributed by atoms with van der Waals surface area (Å²) in [6.07, 6.45) is 8.14. The van der Waals surface area contributed by atoms with Crippen molar-refractivity contribution in [3.05, 3.63) is 47.5 Å². The number of phenols is 1. The third-order valence-corrected chi connectivity index (χ3v) is 7.21. The van der Waals surface area contributed by atoms with Crippen LogP contribution in [0, 0.1) is 5.92 Å². The number of imidazole rings is 1. The first-order valence-corrected chi connectivity index (χ1v) is 11.0. The molecule has 5 nitrogen and oxygen atoms in total. The minimum absolute atomic E-state index is 0.387. The molecule has 0 unspecified atom stereocenters. The predicted molar refractivity (Wildman–Crippen MR) is 110 cm³/mol. The topological polar surface area (TPSA) is 55.4 Å². The van der Waals surface area contributed by atoms with Crippen LogP contribution in [0.1, 0.15) is 55.6 Å². The van der Waals surface area contributed by atoms with Crippen molar-refractivity contribution in [1.82, 2.24) is 19.8 Å². The maximum absolute atomic E-state index is 10.0. The average Bonchev–Trinajstić information content (AvgIpc) is 3.34. The molecule has 6 rings (SSSR count). The Bertz CT molecular complexity index is 810. The first kappa shape index (κ1) is 18.2. The maximum atomic E-state index is 10.0. The molecule has 0 aliphatic carbocycles. The van der Waals surface area contributed by atoms with Crippen molar-refractivity contribution in [2.75, 3.05) is 19.6 Å². The molecule has 28 heavy (non-hydrogen) atoms. The van der Waals surface area contributed by atoms with Crippen LogP contribution < -0.4 is 0 Å². The van der Waals surface area contributed by atoms with E-state index in [-0.39, 0.29) is 0 Å². The lowest BCUT2D eigenvalue weighted by atomic mass is 9.75. The quantitative estimate of drug-likeness (QED) is 0.805. The molecule has 5 heteroatoms. The number of aromatic amines is 1. The highest BCUT2D eigenvalue weighted by atomic mass is 16.3. The van der Waals surface area contributed by atoms with Crippen LogP contribution in [0.4, 0.5) is 0 Å². The second-order valence-electron chi connectivity index (χ2n) is 8.94. The van der Waals surface area contributed by atoms with Crippen LogP contribution >= 0.6 is 0 Å². The number of rotatable bonds is 6. The van der Waals surface area contributed by atoms with Gasteiger partial charge in [0.25, 0.3) is 0 Å². The lowest BCUT2D eigenvalue weighted by Gasteiger charge is -2.51. The second kappa shape index (κ2) is 7.53. The Labute approximate surface area is 167 Å². The summed E-state index contributed by atoms with van der Waals surface area (Å²) in [6.45, 7) is 6.72. The van der Waals surface area contributed by atoms with Gasteiger partial charge in [0, 0.05) is 49.4 Å². The first-order chi connectivity index (χ1) is 13.7. The van der Waals surface area contributed by atoms with E-state index in [9.17, 15) is 5.11 Å². The zero-order valence-corrected chi connectivity index (χ0v) is 16.8. The van der Waals surface area contributed by atoms with Gasteiger partial charge in [0.05, 0.1) is 0 Å². The van der Waals surface area contributed by atoms with Crippen LogP contribution in [0.2, 0.25) is 0 Å². The van der Waals surface area contributed by atoms with Gasteiger partial charge in [0.1, 0.15) is 11.6 Å². The molecular weight excluding hydrogens is 348 g/mol. The lowest BCUT2D eigenvalue weighted by molar-refractivity contribution is -0.00896. The zero-order valence-electron chi connectivity index (χ0n) is 16.8. The summed E-state index contributed by atoms with van der Waals surface area (Å²) < 4.78 is 0. The first-order valence-electron chi connectivity index (χ1n) is 11.0. The van der Waals surface area contributed by atoms with E-state index in [2.05, 4.69) is 32.8 Å². The smallest absolute Gasteiger partial charge is 0.115 e. The van der Waals surface area contributed by atoms with E-state index in [1.165, 1.54) is 50.0 Å². The molecule has 3 atom stereocenters. The molecule has 2 N–H and O–H groups in total. The van der Waals surface area contributed by atoms with Gasteiger partial charge in [-0.05, 0) is 56.0 Å². The zero-order chi connectivity index (χ0) is 19.1. The molecule has 1 aromatic heterocycles. The largest absolute Gasteiger partial charge is 0.508 e. The van der Waals surface area contributed by atoms with Gasteiger partial charge in [-0.25, -0.2) is 4.98 Å². The fraction of sp³-hybridized carbons (Fsp3) is 0.609. The Hall–Kier alpha value is -1.85. The van der Waals surface area contributed by atoms with Gasteiger partial charge >= 0.3 is 0 Å². The van der Waals surface area contributed by atoms with Crippen LogP contribution in [-0.4, -0.2) is 56.6 Å². The van der Waals surface area contributed by atoms with Gasteiger partial charge in [-0.1, -0.05) is 25.5 Å². The molecule has 0 saturated carbocycles. The molecule has 150 valence electrons. The summed E-state index contributed by atoms with van der Waals surface area (Å²) in [6, 6.07) is 9.16. The summed E-state index contributed by atoms with van der Waals surface area (Å²) in [4.78, 5) is 13.6. The fourth-order valence-corrected chi connectivity index (χ4v) is 5.95. The number of aromatic hydroxyl groups is 1. The number of aromatic nitrogens is 2. The summed E-state index contributed by atoms with van der Waals surface area (Å²) in [5, 5.41) is 10.0. The Kier molecular flexibility index (Phi) is 4.89. The number of hydrogen-bond donors (Lipinski definition) is 2. The standard InChI is InChI=1S/C23H32N4O/c1-2-3-7-21-24-13-18(25-21)14-27-15-20(17-5-4-6-19(28)12-17)23-22(27)16-8-10-26(23)11-9-16/h4-6,12-13,16,20,22-23,28H,2-3,7-11,14-15H2,1H3,(H,24,25)/t20-,22+,23+/m1/s1. The molecule has 2 bridgehead atoms. The highest BCUT2D eigenvalue weighted by molar-refractivity contribution is 5.33. The highest BCUT2D eigenvalue weighted by Crippen LogP contribution is 2.47. The molecule has 2 aromatic rings. The summed E-state index contributed by atoms with van der Waals surface area (Å²) in [7, 11) is 0. The number of nitrogens with one attached hydrogen (secondary N) is 1. The number of H-pyrrole nitrogens is 1. The van der Waals surface area contributed by atoms with Gasteiger partial charge in [-0.2, -0.15) is 0 Å². The molecule has 0 spiro atoms. The highest BCUT2D eigenvalue weighted by Gasteiger charge is 2.53.